The van der Waals surface area contributed by atoms with Gasteiger partial charge in [0.2, 0.25) is 5.91 Å². The number of carbonyl (C=O) groups is 1. The van der Waals surface area contributed by atoms with Crippen LogP contribution in [0.4, 0.5) is 5.69 Å². The first-order valence-electron chi connectivity index (χ1n) is 9.73. The molecule has 0 spiro atoms. The molecule has 0 aliphatic carbocycles. The predicted octanol–water partition coefficient (Wildman–Crippen LogP) is 2.87. The summed E-state index contributed by atoms with van der Waals surface area (Å²) in [5, 5.41) is 6.53. The Bertz CT molecular complexity index is 634. The number of hydrogen-bond acceptors (Lipinski definition) is 4. The van der Waals surface area contributed by atoms with E-state index >= 15 is 0 Å². The highest BCUT2D eigenvalue weighted by atomic mass is 16.5. The monoisotopic (exact) mass is 376 g/mol. The number of aliphatic imine (C=N–C) groups is 1. The van der Waals surface area contributed by atoms with Crippen molar-refractivity contribution in [3.8, 4) is 11.5 Å². The summed E-state index contributed by atoms with van der Waals surface area (Å²) in [5.41, 5.74) is 0.870. The number of hydrogen-bond donors (Lipinski definition) is 2. The lowest BCUT2D eigenvalue weighted by atomic mass is 10.2. The first kappa shape index (κ1) is 20.9. The van der Waals surface area contributed by atoms with Gasteiger partial charge < -0.3 is 25.0 Å². The summed E-state index contributed by atoms with van der Waals surface area (Å²) in [7, 11) is 3.23. The molecule has 1 aromatic carbocycles. The van der Waals surface area contributed by atoms with Crippen LogP contribution in [0.5, 0.6) is 11.5 Å². The fraction of sp³-hybridized carbons (Fsp3) is 0.600. The van der Waals surface area contributed by atoms with E-state index in [1.165, 1.54) is 0 Å². The third-order valence-electron chi connectivity index (χ3n) is 4.52. The predicted molar refractivity (Wildman–Crippen MR) is 109 cm³/mol. The number of nitrogens with one attached hydrogen (secondary N) is 2. The second-order valence-corrected chi connectivity index (χ2v) is 6.50. The Morgan fingerprint density at radius 2 is 2.00 bits per heavy atom. The van der Waals surface area contributed by atoms with Gasteiger partial charge in [-0.15, -0.1) is 0 Å². The minimum absolute atomic E-state index is 0.284. The van der Waals surface area contributed by atoms with Crippen molar-refractivity contribution in [3.63, 3.8) is 0 Å². The molecule has 2 N–H and O–H groups in total. The van der Waals surface area contributed by atoms with E-state index in [0.29, 0.717) is 30.4 Å². The second-order valence-electron chi connectivity index (χ2n) is 6.50. The number of rotatable bonds is 8. The summed E-state index contributed by atoms with van der Waals surface area (Å²) in [5.74, 6) is 2.35. The topological polar surface area (TPSA) is 75.2 Å². The van der Waals surface area contributed by atoms with Crippen LogP contribution in [0.25, 0.3) is 0 Å². The average molecular weight is 377 g/mol. The number of anilines is 1. The fourth-order valence-electron chi connectivity index (χ4n) is 3.09. The van der Waals surface area contributed by atoms with Crippen molar-refractivity contribution in [2.45, 2.75) is 39.0 Å². The third-order valence-corrected chi connectivity index (χ3v) is 4.52. The summed E-state index contributed by atoms with van der Waals surface area (Å²) in [4.78, 5) is 18.6. The number of nitrogens with zero attached hydrogens (tertiary/aromatic N) is 2. The van der Waals surface area contributed by atoms with E-state index in [0.717, 1.165) is 51.0 Å². The highest BCUT2D eigenvalue weighted by molar-refractivity contribution is 5.93. The van der Waals surface area contributed by atoms with Gasteiger partial charge in [-0.05, 0) is 38.3 Å². The Hall–Kier alpha value is -2.44. The molecule has 0 aromatic heterocycles. The number of ether oxygens (including phenoxy) is 2. The fourth-order valence-corrected chi connectivity index (χ4v) is 3.09. The van der Waals surface area contributed by atoms with Crippen molar-refractivity contribution in [1.82, 2.24) is 10.2 Å². The number of likely N-dealkylation sites (tertiary alicyclic amines) is 1. The standard InChI is InChI=1S/C20H32N4O3/c1-4-21-20(23-16-10-11-17(26-2)18(15-16)27-3)22-12-8-14-24-13-7-5-6-9-19(24)25/h10-11,15H,4-9,12-14H2,1-3H3,(H2,21,22,23). The van der Waals surface area contributed by atoms with E-state index in [4.69, 9.17) is 9.47 Å². The highest BCUT2D eigenvalue weighted by Crippen LogP contribution is 2.29. The highest BCUT2D eigenvalue weighted by Gasteiger charge is 2.15. The van der Waals surface area contributed by atoms with Crippen molar-refractivity contribution in [3.05, 3.63) is 18.2 Å². The number of guanidine groups is 1. The second kappa shape index (κ2) is 11.3. The zero-order valence-corrected chi connectivity index (χ0v) is 16.7. The molecule has 0 radical (unpaired) electrons. The number of amides is 1. The van der Waals surface area contributed by atoms with Crippen LogP contribution < -0.4 is 20.1 Å². The maximum absolute atomic E-state index is 12.0. The molecule has 1 amide bonds. The molecule has 27 heavy (non-hydrogen) atoms. The summed E-state index contributed by atoms with van der Waals surface area (Å²) in [6.07, 6.45) is 4.83. The van der Waals surface area contributed by atoms with Gasteiger partial charge in [0, 0.05) is 44.4 Å². The summed E-state index contributed by atoms with van der Waals surface area (Å²) < 4.78 is 10.6. The van der Waals surface area contributed by atoms with Gasteiger partial charge in [0.25, 0.3) is 0 Å². The lowest BCUT2D eigenvalue weighted by Gasteiger charge is -2.20. The molecule has 1 heterocycles. The van der Waals surface area contributed by atoms with Crippen LogP contribution in [-0.4, -0.2) is 57.2 Å². The first-order chi connectivity index (χ1) is 13.2. The van der Waals surface area contributed by atoms with Crippen molar-refractivity contribution in [2.75, 3.05) is 45.7 Å². The van der Waals surface area contributed by atoms with Crippen LogP contribution in [-0.2, 0) is 4.79 Å². The molecule has 150 valence electrons. The van der Waals surface area contributed by atoms with E-state index in [9.17, 15) is 4.79 Å². The van der Waals surface area contributed by atoms with Gasteiger partial charge >= 0.3 is 0 Å². The SMILES string of the molecule is CCNC(=NCCCN1CCCCCC1=O)Nc1ccc(OC)c(OC)c1. The molecule has 1 fully saturated rings. The van der Waals surface area contributed by atoms with Crippen LogP contribution in [0.1, 0.15) is 39.0 Å². The molecule has 0 unspecified atom stereocenters. The Labute approximate surface area is 162 Å². The molecule has 7 heteroatoms. The minimum atomic E-state index is 0.284. The Morgan fingerprint density at radius 1 is 1.19 bits per heavy atom. The van der Waals surface area contributed by atoms with E-state index in [2.05, 4.69) is 15.6 Å². The average Bonchev–Trinajstić information content (AvgIpc) is 2.89. The van der Waals surface area contributed by atoms with E-state index in [-0.39, 0.29) is 5.91 Å². The summed E-state index contributed by atoms with van der Waals surface area (Å²) in [6, 6.07) is 5.65. The Kier molecular flexibility index (Phi) is 8.74. The molecule has 0 bridgehead atoms. The molecule has 1 aromatic rings. The normalized spacial score (nSPS) is 15.3. The zero-order chi connectivity index (χ0) is 19.5. The Balaban J connectivity index is 1.90. The molecule has 1 saturated heterocycles. The van der Waals surface area contributed by atoms with Crippen molar-refractivity contribution >= 4 is 17.6 Å². The van der Waals surface area contributed by atoms with Gasteiger partial charge in [-0.2, -0.15) is 0 Å². The van der Waals surface area contributed by atoms with Crippen LogP contribution >= 0.6 is 0 Å². The Morgan fingerprint density at radius 3 is 2.74 bits per heavy atom. The summed E-state index contributed by atoms with van der Waals surface area (Å²) >= 11 is 0. The molecule has 1 aliphatic rings. The van der Waals surface area contributed by atoms with Crippen molar-refractivity contribution in [2.24, 2.45) is 4.99 Å². The molecule has 2 rings (SSSR count). The molecule has 0 atom stereocenters. The first-order valence-corrected chi connectivity index (χ1v) is 9.73. The molecular formula is C20H32N4O3. The van der Waals surface area contributed by atoms with E-state index in [1.807, 2.05) is 30.0 Å². The van der Waals surface area contributed by atoms with Crippen molar-refractivity contribution in [1.29, 1.82) is 0 Å². The van der Waals surface area contributed by atoms with Gasteiger partial charge in [0.05, 0.1) is 14.2 Å². The zero-order valence-electron chi connectivity index (χ0n) is 16.7. The quantitative estimate of drug-likeness (QED) is 0.415. The molecule has 1 aliphatic heterocycles. The lowest BCUT2D eigenvalue weighted by Crippen LogP contribution is -2.32. The third kappa shape index (κ3) is 6.66. The van der Waals surface area contributed by atoms with Crippen LogP contribution in [0.3, 0.4) is 0 Å². The lowest BCUT2D eigenvalue weighted by molar-refractivity contribution is -0.130. The van der Waals surface area contributed by atoms with Gasteiger partial charge in [-0.25, -0.2) is 0 Å². The number of methoxy groups -OCH3 is 2. The van der Waals surface area contributed by atoms with Crippen molar-refractivity contribution < 1.29 is 14.3 Å². The summed E-state index contributed by atoms with van der Waals surface area (Å²) in [6.45, 7) is 5.11. The molecule has 0 saturated carbocycles. The van der Waals surface area contributed by atoms with Gasteiger partial charge in [0.15, 0.2) is 17.5 Å². The largest absolute Gasteiger partial charge is 0.493 e. The maximum atomic E-state index is 12.0. The van der Waals surface area contributed by atoms with Gasteiger partial charge in [-0.3, -0.25) is 9.79 Å². The number of benzene rings is 1. The van der Waals surface area contributed by atoms with E-state index < -0.39 is 0 Å². The maximum Gasteiger partial charge on any atom is 0.222 e. The smallest absolute Gasteiger partial charge is 0.222 e. The van der Waals surface area contributed by atoms with Crippen LogP contribution in [0.15, 0.2) is 23.2 Å². The van der Waals surface area contributed by atoms with E-state index in [1.54, 1.807) is 14.2 Å². The molecule has 7 nitrogen and oxygen atoms in total. The van der Waals surface area contributed by atoms with Gasteiger partial charge in [-0.1, -0.05) is 6.42 Å². The van der Waals surface area contributed by atoms with Gasteiger partial charge in [0.1, 0.15) is 0 Å². The van der Waals surface area contributed by atoms with Crippen LogP contribution in [0, 0.1) is 0 Å². The minimum Gasteiger partial charge on any atom is -0.493 e. The number of carbonyl (C=O) groups excluding carboxylic acids is 1. The van der Waals surface area contributed by atoms with Crippen LogP contribution in [0.2, 0.25) is 0 Å². The molecular weight excluding hydrogens is 344 g/mol.